The number of aliphatic hydroxyl groups is 5. The summed E-state index contributed by atoms with van der Waals surface area (Å²) in [5.41, 5.74) is -5.89. The lowest BCUT2D eigenvalue weighted by molar-refractivity contribution is -0.222. The summed E-state index contributed by atoms with van der Waals surface area (Å²) in [5, 5.41) is 52.1. The topological polar surface area (TPSA) is 118 Å². The molecule has 0 spiro atoms. The van der Waals surface area contributed by atoms with Crippen LogP contribution in [-0.4, -0.2) is 67.5 Å². The van der Waals surface area contributed by atoms with Gasteiger partial charge in [-0.2, -0.15) is 0 Å². The van der Waals surface area contributed by atoms with Crippen LogP contribution in [0.2, 0.25) is 0 Å². The first-order valence-corrected chi connectivity index (χ1v) is 9.97. The molecule has 0 radical (unpaired) electrons. The molecule has 156 valence electrons. The molecule has 3 fully saturated rings. The number of rotatable bonds is 2. The van der Waals surface area contributed by atoms with Gasteiger partial charge in [0.1, 0.15) is 6.61 Å². The Labute approximate surface area is 163 Å². The second-order valence-electron chi connectivity index (χ2n) is 9.50. The largest absolute Gasteiger partial charge is 0.390 e. The zero-order valence-electron chi connectivity index (χ0n) is 16.2. The van der Waals surface area contributed by atoms with E-state index in [2.05, 4.69) is 0 Å². The van der Waals surface area contributed by atoms with Gasteiger partial charge in [-0.1, -0.05) is 30.7 Å². The Hall–Kier alpha value is -1.12. The van der Waals surface area contributed by atoms with E-state index in [-0.39, 0.29) is 12.8 Å². The predicted molar refractivity (Wildman–Crippen MR) is 97.8 cm³/mol. The second-order valence-corrected chi connectivity index (χ2v) is 9.50. The van der Waals surface area contributed by atoms with E-state index in [1.165, 1.54) is 6.08 Å². The average Bonchev–Trinajstić information content (AvgIpc) is 2.84. The predicted octanol–water partition coefficient (Wildman–Crippen LogP) is 0.412. The third-order valence-electron chi connectivity index (χ3n) is 8.53. The number of hydrogen-bond acceptors (Lipinski definition) is 6. The van der Waals surface area contributed by atoms with E-state index in [9.17, 15) is 30.3 Å². The lowest BCUT2D eigenvalue weighted by Gasteiger charge is -2.62. The van der Waals surface area contributed by atoms with Crippen LogP contribution in [0.25, 0.3) is 0 Å². The van der Waals surface area contributed by atoms with Gasteiger partial charge in [-0.3, -0.25) is 4.79 Å². The Morgan fingerprint density at radius 1 is 1.21 bits per heavy atom. The first kappa shape index (κ1) is 20.2. The number of carbonyl (C=O) groups excluding carboxylic acids is 1. The third kappa shape index (κ3) is 2.07. The molecule has 0 aliphatic heterocycles. The number of aliphatic hydroxyl groups excluding tert-OH is 4. The first-order chi connectivity index (χ1) is 13.0. The molecule has 6 nitrogen and oxygen atoms in total. The fourth-order valence-electron chi connectivity index (χ4n) is 6.97. The van der Waals surface area contributed by atoms with E-state index < -0.39 is 64.6 Å². The molecule has 4 rings (SSSR count). The summed E-state index contributed by atoms with van der Waals surface area (Å²) in [5.74, 6) is -2.11. The van der Waals surface area contributed by atoms with Gasteiger partial charge in [0, 0.05) is 16.7 Å². The number of hydrogen-bond donors (Lipinski definition) is 5. The Morgan fingerprint density at radius 2 is 1.89 bits per heavy atom. The van der Waals surface area contributed by atoms with E-state index in [0.717, 1.165) is 5.57 Å². The quantitative estimate of drug-likeness (QED) is 0.432. The molecule has 1 unspecified atom stereocenters. The molecule has 9 atom stereocenters. The molecule has 7 heteroatoms. The van der Waals surface area contributed by atoms with Gasteiger partial charge in [0.25, 0.3) is 0 Å². The van der Waals surface area contributed by atoms with E-state index in [1.807, 2.05) is 0 Å². The zero-order chi connectivity index (χ0) is 20.7. The first-order valence-electron chi connectivity index (χ1n) is 9.97. The van der Waals surface area contributed by atoms with Gasteiger partial charge < -0.3 is 25.5 Å². The molecular formula is C21H29FO6. The summed E-state index contributed by atoms with van der Waals surface area (Å²) in [6.07, 6.45) is 1.82. The maximum atomic E-state index is 16.8. The monoisotopic (exact) mass is 396 g/mol. The van der Waals surface area contributed by atoms with Crippen molar-refractivity contribution < 1.29 is 34.7 Å². The second kappa shape index (κ2) is 5.95. The molecule has 0 aromatic heterocycles. The van der Waals surface area contributed by atoms with Crippen molar-refractivity contribution in [1.29, 1.82) is 0 Å². The molecule has 3 saturated carbocycles. The Balaban J connectivity index is 1.83. The van der Waals surface area contributed by atoms with Crippen LogP contribution in [0, 0.1) is 22.7 Å². The fourth-order valence-corrected chi connectivity index (χ4v) is 6.97. The normalized spacial score (nSPS) is 55.1. The smallest absolute Gasteiger partial charge is 0.192 e. The standard InChI is InChI=1S/C21H29FO6/c1-18-6-5-12(24)7-11(18)3-4-13-14-8-15(25)21(28,17(27)10-23)19(14,2)9-16(26)20(13,18)22/h5-7,12-16,23-26,28H,3-4,8-10H2,1-2H3/t12?,13-,14-,15+,16-,18-,19-,20-,21-/m0/s1. The molecule has 0 saturated heterocycles. The summed E-state index contributed by atoms with van der Waals surface area (Å²) in [7, 11) is 0. The maximum Gasteiger partial charge on any atom is 0.192 e. The molecule has 0 aromatic rings. The highest BCUT2D eigenvalue weighted by atomic mass is 19.1. The molecule has 5 N–H and O–H groups in total. The SMILES string of the molecule is C[C@]12C=CC(O)C=C1CC[C@H]1[C@@H]3C[C@@H](O)[C@](O)(C(=O)CO)[C@@]3(C)C[C@H](O)[C@@]12F. The number of fused-ring (bicyclic) bond motifs is 5. The number of halogens is 1. The number of carbonyl (C=O) groups is 1. The van der Waals surface area contributed by atoms with Gasteiger partial charge in [-0.05, 0) is 38.5 Å². The molecule has 0 amide bonds. The van der Waals surface area contributed by atoms with Crippen molar-refractivity contribution in [3.63, 3.8) is 0 Å². The Bertz CT molecular complexity index is 766. The summed E-state index contributed by atoms with van der Waals surface area (Å²) >= 11 is 0. The van der Waals surface area contributed by atoms with Gasteiger partial charge >= 0.3 is 0 Å². The third-order valence-corrected chi connectivity index (χ3v) is 8.53. The van der Waals surface area contributed by atoms with Crippen molar-refractivity contribution >= 4 is 5.78 Å². The van der Waals surface area contributed by atoms with Crippen molar-refractivity contribution in [2.24, 2.45) is 22.7 Å². The van der Waals surface area contributed by atoms with Crippen LogP contribution in [0.15, 0.2) is 23.8 Å². The van der Waals surface area contributed by atoms with Crippen molar-refractivity contribution in [2.45, 2.75) is 69.1 Å². The van der Waals surface area contributed by atoms with Crippen LogP contribution in [-0.2, 0) is 4.79 Å². The average molecular weight is 396 g/mol. The van der Waals surface area contributed by atoms with E-state index in [1.54, 1.807) is 26.0 Å². The van der Waals surface area contributed by atoms with E-state index in [4.69, 9.17) is 0 Å². The Kier molecular flexibility index (Phi) is 4.29. The van der Waals surface area contributed by atoms with Gasteiger partial charge in [-0.15, -0.1) is 0 Å². The highest BCUT2D eigenvalue weighted by Crippen LogP contribution is 2.69. The van der Waals surface area contributed by atoms with Crippen LogP contribution in [0.3, 0.4) is 0 Å². The molecular weight excluding hydrogens is 367 g/mol. The van der Waals surface area contributed by atoms with Crippen molar-refractivity contribution in [1.82, 2.24) is 0 Å². The zero-order valence-corrected chi connectivity index (χ0v) is 16.2. The highest BCUT2D eigenvalue weighted by molar-refractivity contribution is 5.90. The summed E-state index contributed by atoms with van der Waals surface area (Å²) in [6.45, 7) is 2.40. The van der Waals surface area contributed by atoms with E-state index >= 15 is 4.39 Å². The summed E-state index contributed by atoms with van der Waals surface area (Å²) < 4.78 is 16.8. The molecule has 28 heavy (non-hydrogen) atoms. The van der Waals surface area contributed by atoms with Gasteiger partial charge in [-0.25, -0.2) is 4.39 Å². The molecule has 0 bridgehead atoms. The van der Waals surface area contributed by atoms with Gasteiger partial charge in [0.15, 0.2) is 17.1 Å². The van der Waals surface area contributed by atoms with Gasteiger partial charge in [0.2, 0.25) is 0 Å². The number of allylic oxidation sites excluding steroid dienone is 2. The minimum Gasteiger partial charge on any atom is -0.390 e. The Morgan fingerprint density at radius 3 is 2.54 bits per heavy atom. The van der Waals surface area contributed by atoms with Crippen LogP contribution in [0.1, 0.15) is 39.5 Å². The van der Waals surface area contributed by atoms with Crippen LogP contribution < -0.4 is 0 Å². The van der Waals surface area contributed by atoms with E-state index in [0.29, 0.717) is 12.8 Å². The summed E-state index contributed by atoms with van der Waals surface area (Å²) in [4.78, 5) is 12.4. The van der Waals surface area contributed by atoms with Crippen molar-refractivity contribution in [2.75, 3.05) is 6.61 Å². The lowest BCUT2D eigenvalue weighted by atomic mass is 9.44. The van der Waals surface area contributed by atoms with Crippen LogP contribution in [0.5, 0.6) is 0 Å². The van der Waals surface area contributed by atoms with Gasteiger partial charge in [0.05, 0.1) is 18.3 Å². The minimum atomic E-state index is -2.22. The highest BCUT2D eigenvalue weighted by Gasteiger charge is 2.76. The number of ketones is 1. The molecule has 0 heterocycles. The molecule has 4 aliphatic carbocycles. The minimum absolute atomic E-state index is 0.0310. The van der Waals surface area contributed by atoms with Crippen molar-refractivity contribution in [3.8, 4) is 0 Å². The molecule has 4 aliphatic rings. The van der Waals surface area contributed by atoms with Crippen LogP contribution in [0.4, 0.5) is 4.39 Å². The number of Topliss-reactive ketones (excluding diaryl/α,β-unsaturated/α-hetero) is 1. The van der Waals surface area contributed by atoms with Crippen LogP contribution >= 0.6 is 0 Å². The fraction of sp³-hybridized carbons (Fsp3) is 0.762. The summed E-state index contributed by atoms with van der Waals surface area (Å²) in [6, 6.07) is 0. The molecule has 0 aromatic carbocycles. The maximum absolute atomic E-state index is 16.8. The lowest BCUT2D eigenvalue weighted by Crippen LogP contribution is -2.69. The number of alkyl halides is 1. The van der Waals surface area contributed by atoms with Crippen molar-refractivity contribution in [3.05, 3.63) is 23.8 Å².